The van der Waals surface area contributed by atoms with Gasteiger partial charge >= 0.3 is 1.43 Å². The van der Waals surface area contributed by atoms with Crippen LogP contribution >= 0.6 is 0 Å². The lowest BCUT2D eigenvalue weighted by Gasteiger charge is -2.20. The molecule has 0 spiro atoms. The molecule has 0 radical (unpaired) electrons. The van der Waals surface area contributed by atoms with Gasteiger partial charge in [-0.2, -0.15) is 0 Å². The zero-order chi connectivity index (χ0) is 5.82. The van der Waals surface area contributed by atoms with Crippen molar-refractivity contribution in [1.82, 2.24) is 5.43 Å². The minimum atomic E-state index is 0. The van der Waals surface area contributed by atoms with Gasteiger partial charge in [-0.05, 0) is 12.8 Å². The van der Waals surface area contributed by atoms with Crippen molar-refractivity contribution in [1.29, 1.82) is 0 Å². The van der Waals surface area contributed by atoms with Crippen molar-refractivity contribution in [3.63, 3.8) is 0 Å². The highest BCUT2D eigenvalue weighted by Crippen LogP contribution is 2.03. The first-order valence-corrected chi connectivity index (χ1v) is 2.97. The van der Waals surface area contributed by atoms with Crippen molar-refractivity contribution in [2.24, 2.45) is 5.84 Å². The zero-order valence-electron chi connectivity index (χ0n) is 6.27. The molecule has 0 aromatic rings. The van der Waals surface area contributed by atoms with E-state index >= 15 is 0 Å². The number of nitrogens with two attached hydrogens (primary N) is 1. The first-order chi connectivity index (χ1) is 3.93. The molecule has 3 nitrogen and oxygen atoms in total. The highest BCUT2D eigenvalue weighted by atomic mass is 35.5. The van der Waals surface area contributed by atoms with Gasteiger partial charge in [0.25, 0.3) is 0 Å². The third kappa shape index (κ3) is 3.01. The molecule has 1 heterocycles. The van der Waals surface area contributed by atoms with E-state index in [0.29, 0.717) is 6.04 Å². The normalized spacial score (nSPS) is 21.0. The minimum absolute atomic E-state index is 0. The Labute approximate surface area is 62.8 Å². The first-order valence-electron chi connectivity index (χ1n) is 2.97. The molecule has 0 saturated carbocycles. The standard InChI is InChI=1S/C5H12N2O.ClH/c6-7-5-1-3-8-4-2-5;/h5,7H,1-4,6H2;1H. The van der Waals surface area contributed by atoms with E-state index in [0.717, 1.165) is 26.1 Å². The summed E-state index contributed by atoms with van der Waals surface area (Å²) >= 11 is 0. The van der Waals surface area contributed by atoms with Gasteiger partial charge in [0, 0.05) is 19.3 Å². The second kappa shape index (κ2) is 4.99. The third-order valence-corrected chi connectivity index (χ3v) is 1.46. The monoisotopic (exact) mass is 152 g/mol. The Morgan fingerprint density at radius 2 is 2.00 bits per heavy atom. The number of nitrogens with one attached hydrogen (secondary N) is 1. The van der Waals surface area contributed by atoms with E-state index in [9.17, 15) is 0 Å². The van der Waals surface area contributed by atoms with E-state index in [1.807, 2.05) is 0 Å². The number of hydrazine groups is 1. The second-order valence-corrected chi connectivity index (χ2v) is 2.05. The Balaban J connectivity index is 0. The lowest BCUT2D eigenvalue weighted by Crippen LogP contribution is -3.00. The van der Waals surface area contributed by atoms with Crippen molar-refractivity contribution >= 4 is 0 Å². The molecule has 0 aliphatic carbocycles. The van der Waals surface area contributed by atoms with E-state index in [2.05, 4.69) is 5.43 Å². The molecule has 3 N–H and O–H groups in total. The molecule has 1 aliphatic rings. The van der Waals surface area contributed by atoms with Crippen LogP contribution in [-0.2, 0) is 4.74 Å². The Kier molecular flexibility index (Phi) is 5.09. The summed E-state index contributed by atoms with van der Waals surface area (Å²) in [5, 5.41) is 0. The summed E-state index contributed by atoms with van der Waals surface area (Å²) in [4.78, 5) is 0. The number of hydrogen-bond acceptors (Lipinski definition) is 3. The molecule has 9 heavy (non-hydrogen) atoms. The van der Waals surface area contributed by atoms with Crippen molar-refractivity contribution in [2.75, 3.05) is 13.2 Å². The molecule has 0 aromatic carbocycles. The Morgan fingerprint density at radius 1 is 1.44 bits per heavy atom. The largest absolute Gasteiger partial charge is 1.00 e. The van der Waals surface area contributed by atoms with Crippen LogP contribution in [0.15, 0.2) is 0 Å². The fourth-order valence-electron chi connectivity index (χ4n) is 0.864. The van der Waals surface area contributed by atoms with Crippen LogP contribution < -0.4 is 23.7 Å². The van der Waals surface area contributed by atoms with Crippen molar-refractivity contribution in [3.05, 3.63) is 0 Å². The topological polar surface area (TPSA) is 47.3 Å². The smallest absolute Gasteiger partial charge is 1.00 e. The van der Waals surface area contributed by atoms with Gasteiger partial charge in [-0.25, -0.2) is 0 Å². The predicted molar refractivity (Wildman–Crippen MR) is 32.3 cm³/mol. The maximum atomic E-state index is 5.20. The third-order valence-electron chi connectivity index (χ3n) is 1.46. The van der Waals surface area contributed by atoms with Gasteiger partial charge in [0.15, 0.2) is 0 Å². The van der Waals surface area contributed by atoms with Crippen LogP contribution in [-0.4, -0.2) is 19.3 Å². The van der Waals surface area contributed by atoms with Crippen LogP contribution in [0.3, 0.4) is 0 Å². The van der Waals surface area contributed by atoms with Gasteiger partial charge < -0.3 is 17.1 Å². The summed E-state index contributed by atoms with van der Waals surface area (Å²) < 4.78 is 5.11. The highest BCUT2D eigenvalue weighted by Gasteiger charge is 2.10. The number of rotatable bonds is 1. The molecule has 56 valence electrons. The lowest BCUT2D eigenvalue weighted by atomic mass is 10.1. The molecule has 1 fully saturated rings. The molecule has 0 atom stereocenters. The molecule has 0 amide bonds. The minimum Gasteiger partial charge on any atom is -1.00 e. The number of halogens is 1. The molecule has 1 saturated heterocycles. The Morgan fingerprint density at radius 3 is 2.33 bits per heavy atom. The van der Waals surface area contributed by atoms with Crippen LogP contribution in [0, 0.1) is 0 Å². The summed E-state index contributed by atoms with van der Waals surface area (Å²) in [6.45, 7) is 1.71. The quantitative estimate of drug-likeness (QED) is 0.307. The second-order valence-electron chi connectivity index (χ2n) is 2.05. The van der Waals surface area contributed by atoms with Gasteiger partial charge in [0.05, 0.1) is 0 Å². The van der Waals surface area contributed by atoms with Gasteiger partial charge in [0.1, 0.15) is 0 Å². The summed E-state index contributed by atoms with van der Waals surface area (Å²) in [6.07, 6.45) is 2.10. The summed E-state index contributed by atoms with van der Waals surface area (Å²) in [6, 6.07) is 0.490. The highest BCUT2D eigenvalue weighted by molar-refractivity contribution is 4.65. The lowest BCUT2D eigenvalue weighted by molar-refractivity contribution is -0.00000326. The molecular weight excluding hydrogens is 140 g/mol. The van der Waals surface area contributed by atoms with E-state index < -0.39 is 0 Å². The molecule has 0 bridgehead atoms. The zero-order valence-corrected chi connectivity index (χ0v) is 6.03. The van der Waals surface area contributed by atoms with Crippen molar-refractivity contribution < 1.29 is 18.6 Å². The number of ether oxygens (including phenoxy) is 1. The summed E-state index contributed by atoms with van der Waals surface area (Å²) in [5.74, 6) is 5.20. The van der Waals surface area contributed by atoms with E-state index in [1.165, 1.54) is 0 Å². The fraction of sp³-hybridized carbons (Fsp3) is 1.00. The fourth-order valence-corrected chi connectivity index (χ4v) is 0.864. The van der Waals surface area contributed by atoms with Crippen LogP contribution in [0.4, 0.5) is 0 Å². The molecule has 0 unspecified atom stereocenters. The molecule has 1 aliphatic heterocycles. The molecule has 0 aromatic heterocycles. The summed E-state index contributed by atoms with van der Waals surface area (Å²) in [7, 11) is 0. The average Bonchev–Trinajstić information content (AvgIpc) is 1.90. The maximum Gasteiger partial charge on any atom is 1.00 e. The van der Waals surface area contributed by atoms with Crippen LogP contribution in [0.1, 0.15) is 14.3 Å². The van der Waals surface area contributed by atoms with Gasteiger partial charge in [-0.1, -0.05) is 0 Å². The Hall–Kier alpha value is 0.170. The van der Waals surface area contributed by atoms with Crippen molar-refractivity contribution in [2.45, 2.75) is 18.9 Å². The first kappa shape index (κ1) is 9.17. The van der Waals surface area contributed by atoms with E-state index in [4.69, 9.17) is 10.6 Å². The van der Waals surface area contributed by atoms with E-state index in [1.54, 1.807) is 0 Å². The van der Waals surface area contributed by atoms with Crippen LogP contribution in [0.2, 0.25) is 0 Å². The van der Waals surface area contributed by atoms with Crippen LogP contribution in [0.5, 0.6) is 0 Å². The van der Waals surface area contributed by atoms with Gasteiger partial charge in [-0.3, -0.25) is 11.3 Å². The van der Waals surface area contributed by atoms with Gasteiger partial charge in [-0.15, -0.1) is 0 Å². The average molecular weight is 153 g/mol. The Bertz CT molecular complexity index is 70.7. The van der Waals surface area contributed by atoms with Gasteiger partial charge in [0.2, 0.25) is 0 Å². The van der Waals surface area contributed by atoms with Crippen LogP contribution in [0.25, 0.3) is 0 Å². The number of hydrogen-bond donors (Lipinski definition) is 2. The molecular formula is C5H13ClN2O. The molecule has 1 rings (SSSR count). The maximum absolute atomic E-state index is 5.20. The summed E-state index contributed by atoms with van der Waals surface area (Å²) in [5.41, 5.74) is 2.72. The van der Waals surface area contributed by atoms with Crippen molar-refractivity contribution in [3.8, 4) is 0 Å². The molecule has 4 heteroatoms. The SMILES string of the molecule is NNC1CCOCC1.[Cl-].[H+]. The van der Waals surface area contributed by atoms with E-state index in [-0.39, 0.29) is 13.8 Å². The predicted octanol–water partition coefficient (Wildman–Crippen LogP) is -3.25.